The van der Waals surface area contributed by atoms with Gasteiger partial charge in [-0.2, -0.15) is 0 Å². The van der Waals surface area contributed by atoms with E-state index in [1.54, 1.807) is 6.20 Å². The number of benzene rings is 1. The normalized spacial score (nSPS) is 28.0. The monoisotopic (exact) mass is 408 g/mol. The Bertz CT molecular complexity index is 890. The van der Waals surface area contributed by atoms with E-state index in [4.69, 9.17) is 15.2 Å². The summed E-state index contributed by atoms with van der Waals surface area (Å²) in [5.74, 6) is 1.25. The number of urea groups is 1. The Morgan fingerprint density at radius 1 is 1.17 bits per heavy atom. The molecular weight excluding hydrogens is 380 g/mol. The molecule has 2 amide bonds. The van der Waals surface area contributed by atoms with Crippen LogP contribution in [0.1, 0.15) is 49.3 Å². The van der Waals surface area contributed by atoms with E-state index in [2.05, 4.69) is 39.5 Å². The Balaban J connectivity index is 1.24. The summed E-state index contributed by atoms with van der Waals surface area (Å²) in [6.07, 6.45) is 7.18. The van der Waals surface area contributed by atoms with Gasteiger partial charge in [-0.3, -0.25) is 4.90 Å². The first-order chi connectivity index (χ1) is 14.7. The van der Waals surface area contributed by atoms with Crippen molar-refractivity contribution in [3.8, 4) is 11.6 Å². The molecule has 2 bridgehead atoms. The van der Waals surface area contributed by atoms with Crippen LogP contribution in [0.4, 0.5) is 4.79 Å². The molecule has 1 unspecified atom stereocenters. The highest BCUT2D eigenvalue weighted by atomic mass is 16.6. The van der Waals surface area contributed by atoms with Gasteiger partial charge >= 0.3 is 6.03 Å². The zero-order chi connectivity index (χ0) is 20.5. The molecule has 3 aliphatic rings. The molecule has 4 atom stereocenters. The number of hydrogen-bond acceptors (Lipinski definition) is 5. The lowest BCUT2D eigenvalue weighted by atomic mass is 9.81. The molecule has 3 aliphatic heterocycles. The molecule has 0 aliphatic carbocycles. The highest BCUT2D eigenvalue weighted by molar-refractivity contribution is 5.72. The lowest BCUT2D eigenvalue weighted by Crippen LogP contribution is -2.57. The maximum absolute atomic E-state index is 11.3. The van der Waals surface area contributed by atoms with Crippen LogP contribution in [0.25, 0.3) is 0 Å². The Hall–Kier alpha value is -2.80. The number of nitrogens with two attached hydrogens (primary N) is 1. The lowest BCUT2D eigenvalue weighted by molar-refractivity contribution is 0.0199. The van der Waals surface area contributed by atoms with Crippen LogP contribution in [-0.4, -0.2) is 40.6 Å². The number of carbonyl (C=O) groups is 1. The molecule has 30 heavy (non-hydrogen) atoms. The van der Waals surface area contributed by atoms with Gasteiger partial charge in [-0.15, -0.1) is 0 Å². The predicted octanol–water partition coefficient (Wildman–Crippen LogP) is 3.15. The SMILES string of the molecule is NC(=O)NC1C[C@H]2CCC[C@@H](C1)N2Cc1ccc([C@H]2COc3cccnc3O2)cc1. The van der Waals surface area contributed by atoms with Gasteiger partial charge in [0, 0.05) is 30.9 Å². The molecular formula is C23H28N4O3. The number of rotatable bonds is 4. The molecule has 7 nitrogen and oxygen atoms in total. The minimum absolute atomic E-state index is 0.142. The van der Waals surface area contributed by atoms with Crippen molar-refractivity contribution in [3.05, 3.63) is 53.7 Å². The van der Waals surface area contributed by atoms with E-state index in [1.807, 2.05) is 12.1 Å². The third-order valence-electron chi connectivity index (χ3n) is 6.57. The molecule has 1 aromatic carbocycles. The van der Waals surface area contributed by atoms with Gasteiger partial charge in [0.15, 0.2) is 11.9 Å². The average Bonchev–Trinajstić information content (AvgIpc) is 2.74. The number of carbonyl (C=O) groups excluding carboxylic acids is 1. The zero-order valence-electron chi connectivity index (χ0n) is 17.0. The van der Waals surface area contributed by atoms with Gasteiger partial charge in [-0.25, -0.2) is 9.78 Å². The van der Waals surface area contributed by atoms with Crippen LogP contribution in [0.5, 0.6) is 11.6 Å². The smallest absolute Gasteiger partial charge is 0.312 e. The number of ether oxygens (including phenoxy) is 2. The standard InChI is InChI=1S/C23H28N4O3/c24-23(28)26-17-11-18-3-1-4-19(12-17)27(18)13-15-6-8-16(9-7-15)21-14-29-20-5-2-10-25-22(20)30-21/h2,5-10,17-19,21H,1,3-4,11-14H2,(H3,24,26,28)/t17?,18-,19+,21-/m1/s1. The van der Waals surface area contributed by atoms with Gasteiger partial charge in [0.25, 0.3) is 5.88 Å². The molecule has 2 aromatic rings. The fraction of sp³-hybridized carbons (Fsp3) is 0.478. The van der Waals surface area contributed by atoms with Crippen LogP contribution < -0.4 is 20.5 Å². The molecule has 2 fully saturated rings. The fourth-order valence-electron chi connectivity index (χ4n) is 5.18. The number of primary amides is 1. The molecule has 0 spiro atoms. The average molecular weight is 409 g/mol. The van der Waals surface area contributed by atoms with E-state index in [0.29, 0.717) is 30.3 Å². The molecule has 1 aromatic heterocycles. The van der Waals surface area contributed by atoms with Gasteiger partial charge in [0.1, 0.15) is 6.61 Å². The minimum Gasteiger partial charge on any atom is -0.484 e. The second-order valence-corrected chi connectivity index (χ2v) is 8.55. The number of amides is 2. The summed E-state index contributed by atoms with van der Waals surface area (Å²) in [4.78, 5) is 18.1. The van der Waals surface area contributed by atoms with Crippen LogP contribution in [-0.2, 0) is 6.54 Å². The summed E-state index contributed by atoms with van der Waals surface area (Å²) in [6, 6.07) is 13.2. The van der Waals surface area contributed by atoms with E-state index in [0.717, 1.165) is 24.9 Å². The maximum Gasteiger partial charge on any atom is 0.312 e. The molecule has 0 radical (unpaired) electrons. The summed E-state index contributed by atoms with van der Waals surface area (Å²) in [7, 11) is 0. The van der Waals surface area contributed by atoms with Crippen LogP contribution >= 0.6 is 0 Å². The van der Waals surface area contributed by atoms with Crippen LogP contribution in [0.3, 0.4) is 0 Å². The summed E-state index contributed by atoms with van der Waals surface area (Å²) < 4.78 is 11.8. The number of aromatic nitrogens is 1. The second-order valence-electron chi connectivity index (χ2n) is 8.55. The van der Waals surface area contributed by atoms with Crippen LogP contribution in [0.15, 0.2) is 42.6 Å². The van der Waals surface area contributed by atoms with Crippen molar-refractivity contribution in [2.45, 2.75) is 62.9 Å². The van der Waals surface area contributed by atoms with Crippen molar-refractivity contribution < 1.29 is 14.3 Å². The topological polar surface area (TPSA) is 89.7 Å². The molecule has 2 saturated heterocycles. The lowest BCUT2D eigenvalue weighted by Gasteiger charge is -2.49. The van der Waals surface area contributed by atoms with Crippen molar-refractivity contribution in [1.29, 1.82) is 0 Å². The van der Waals surface area contributed by atoms with Gasteiger partial charge in [0.2, 0.25) is 0 Å². The maximum atomic E-state index is 11.3. The molecule has 3 N–H and O–H groups in total. The Labute approximate surface area is 176 Å². The molecule has 5 rings (SSSR count). The second kappa shape index (κ2) is 8.14. The van der Waals surface area contributed by atoms with Crippen molar-refractivity contribution in [2.75, 3.05) is 6.61 Å². The summed E-state index contributed by atoms with van der Waals surface area (Å²) >= 11 is 0. The van der Waals surface area contributed by atoms with E-state index in [-0.39, 0.29) is 12.1 Å². The number of nitrogens with one attached hydrogen (secondary N) is 1. The minimum atomic E-state index is -0.408. The Morgan fingerprint density at radius 2 is 1.93 bits per heavy atom. The molecule has 7 heteroatoms. The largest absolute Gasteiger partial charge is 0.484 e. The summed E-state index contributed by atoms with van der Waals surface area (Å²) in [6.45, 7) is 1.42. The first kappa shape index (κ1) is 19.2. The highest BCUT2D eigenvalue weighted by Crippen LogP contribution is 2.36. The number of fused-ring (bicyclic) bond motifs is 3. The Kier molecular flexibility index (Phi) is 5.21. The molecule has 158 valence electrons. The third-order valence-corrected chi connectivity index (χ3v) is 6.57. The van der Waals surface area contributed by atoms with Gasteiger partial charge in [-0.1, -0.05) is 30.7 Å². The number of nitrogens with zero attached hydrogens (tertiary/aromatic N) is 2. The van der Waals surface area contributed by atoms with Gasteiger partial charge in [0.05, 0.1) is 0 Å². The van der Waals surface area contributed by atoms with Crippen molar-refractivity contribution in [2.24, 2.45) is 5.73 Å². The van der Waals surface area contributed by atoms with E-state index >= 15 is 0 Å². The number of piperidine rings is 2. The van der Waals surface area contributed by atoms with Crippen molar-refractivity contribution >= 4 is 6.03 Å². The van der Waals surface area contributed by atoms with Crippen molar-refractivity contribution in [3.63, 3.8) is 0 Å². The highest BCUT2D eigenvalue weighted by Gasteiger charge is 2.38. The van der Waals surface area contributed by atoms with E-state index in [1.165, 1.54) is 24.8 Å². The van der Waals surface area contributed by atoms with E-state index < -0.39 is 6.03 Å². The quantitative estimate of drug-likeness (QED) is 0.811. The van der Waals surface area contributed by atoms with Crippen molar-refractivity contribution in [1.82, 2.24) is 15.2 Å². The van der Waals surface area contributed by atoms with E-state index in [9.17, 15) is 4.79 Å². The zero-order valence-corrected chi connectivity index (χ0v) is 17.0. The van der Waals surface area contributed by atoms with Gasteiger partial charge < -0.3 is 20.5 Å². The third kappa shape index (κ3) is 3.94. The number of pyridine rings is 1. The first-order valence-corrected chi connectivity index (χ1v) is 10.8. The first-order valence-electron chi connectivity index (χ1n) is 10.8. The summed E-state index contributed by atoms with van der Waals surface area (Å²) in [5, 5.41) is 2.93. The summed E-state index contributed by atoms with van der Waals surface area (Å²) in [5.41, 5.74) is 7.74. The Morgan fingerprint density at radius 3 is 2.67 bits per heavy atom. The van der Waals surface area contributed by atoms with Crippen LogP contribution in [0.2, 0.25) is 0 Å². The number of hydrogen-bond donors (Lipinski definition) is 2. The molecule has 4 heterocycles. The van der Waals surface area contributed by atoms with Crippen LogP contribution in [0, 0.1) is 0 Å². The predicted molar refractivity (Wildman–Crippen MR) is 112 cm³/mol. The van der Waals surface area contributed by atoms with Gasteiger partial charge in [-0.05, 0) is 48.9 Å². The molecule has 0 saturated carbocycles. The fourth-order valence-corrected chi connectivity index (χ4v) is 5.18.